The van der Waals surface area contributed by atoms with Crippen molar-refractivity contribution in [1.29, 1.82) is 0 Å². The summed E-state index contributed by atoms with van der Waals surface area (Å²) in [5.74, 6) is 1.83. The van der Waals surface area contributed by atoms with E-state index in [0.717, 1.165) is 49.7 Å². The molecule has 152 valence electrons. The minimum absolute atomic E-state index is 0.872. The van der Waals surface area contributed by atoms with Crippen LogP contribution in [-0.4, -0.2) is 48.2 Å². The maximum Gasteiger partial charge on any atom is 0.133 e. The Kier molecular flexibility index (Phi) is 5.58. The Balaban J connectivity index is 1.72. The zero-order chi connectivity index (χ0) is 20.4. The van der Waals surface area contributed by atoms with Crippen LogP contribution in [0.25, 0.3) is 32.6 Å². The smallest absolute Gasteiger partial charge is 0.133 e. The third-order valence-electron chi connectivity index (χ3n) is 5.94. The molecule has 0 radical (unpaired) electrons. The van der Waals surface area contributed by atoms with Crippen LogP contribution < -0.4 is 10.1 Å². The summed E-state index contributed by atoms with van der Waals surface area (Å²) in [4.78, 5) is 10.7. The molecular weight excluding hydrogens is 360 g/mol. The number of hydrogen-bond acceptors (Lipinski definition) is 4. The Morgan fingerprint density at radius 2 is 1.86 bits per heavy atom. The van der Waals surface area contributed by atoms with Crippen LogP contribution in [0.2, 0.25) is 0 Å². The molecular formula is C24H30N4O. The highest BCUT2D eigenvalue weighted by Gasteiger charge is 2.13. The summed E-state index contributed by atoms with van der Waals surface area (Å²) >= 11 is 0. The fourth-order valence-electron chi connectivity index (χ4n) is 4.18. The number of nitrogens with zero attached hydrogens (tertiary/aromatic N) is 2. The third kappa shape index (κ3) is 3.62. The molecule has 5 nitrogen and oxygen atoms in total. The summed E-state index contributed by atoms with van der Waals surface area (Å²) in [7, 11) is 1.71. The van der Waals surface area contributed by atoms with Gasteiger partial charge in [0.2, 0.25) is 0 Å². The number of aryl methyl sites for hydroxylation is 1. The van der Waals surface area contributed by atoms with E-state index in [9.17, 15) is 0 Å². The van der Waals surface area contributed by atoms with Crippen molar-refractivity contribution in [3.8, 4) is 5.75 Å². The van der Waals surface area contributed by atoms with Crippen LogP contribution in [0, 0.1) is 6.92 Å². The third-order valence-corrected chi connectivity index (χ3v) is 5.94. The van der Waals surface area contributed by atoms with Gasteiger partial charge >= 0.3 is 0 Å². The maximum atomic E-state index is 5.44. The van der Waals surface area contributed by atoms with Crippen molar-refractivity contribution >= 4 is 38.4 Å². The SMILES string of the molecule is CCN(CC)CCCNc1nccc2c(C)c3[nH]c4ccc(OC)cc4c3cc12. The molecule has 2 N–H and O–H groups in total. The molecule has 4 aromatic rings. The van der Waals surface area contributed by atoms with E-state index in [1.807, 2.05) is 12.3 Å². The van der Waals surface area contributed by atoms with Crippen LogP contribution >= 0.6 is 0 Å². The van der Waals surface area contributed by atoms with Crippen molar-refractivity contribution in [1.82, 2.24) is 14.9 Å². The Labute approximate surface area is 172 Å². The molecule has 0 atom stereocenters. The highest BCUT2D eigenvalue weighted by molar-refractivity contribution is 6.15. The average Bonchev–Trinajstić information content (AvgIpc) is 3.12. The largest absolute Gasteiger partial charge is 0.497 e. The van der Waals surface area contributed by atoms with Crippen molar-refractivity contribution < 1.29 is 4.74 Å². The Morgan fingerprint density at radius 3 is 2.62 bits per heavy atom. The molecule has 0 unspecified atom stereocenters. The van der Waals surface area contributed by atoms with Crippen molar-refractivity contribution in [3.05, 3.63) is 42.1 Å². The lowest BCUT2D eigenvalue weighted by molar-refractivity contribution is 0.303. The predicted molar refractivity (Wildman–Crippen MR) is 123 cm³/mol. The lowest BCUT2D eigenvalue weighted by atomic mass is 10.0. The molecule has 0 saturated heterocycles. The second kappa shape index (κ2) is 8.29. The monoisotopic (exact) mass is 390 g/mol. The molecule has 5 heteroatoms. The Bertz CT molecular complexity index is 1140. The van der Waals surface area contributed by atoms with E-state index in [4.69, 9.17) is 4.74 Å². The minimum atomic E-state index is 0.872. The first-order valence-corrected chi connectivity index (χ1v) is 10.5. The second-order valence-electron chi connectivity index (χ2n) is 7.52. The van der Waals surface area contributed by atoms with Gasteiger partial charge < -0.3 is 19.9 Å². The summed E-state index contributed by atoms with van der Waals surface area (Å²) in [5, 5.41) is 8.37. The van der Waals surface area contributed by atoms with Crippen molar-refractivity contribution in [2.45, 2.75) is 27.2 Å². The van der Waals surface area contributed by atoms with E-state index in [1.54, 1.807) is 7.11 Å². The predicted octanol–water partition coefficient (Wildman–Crippen LogP) is 5.33. The van der Waals surface area contributed by atoms with E-state index in [1.165, 1.54) is 32.6 Å². The number of aromatic amines is 1. The lowest BCUT2D eigenvalue weighted by Crippen LogP contribution is -2.25. The van der Waals surface area contributed by atoms with Gasteiger partial charge in [0.25, 0.3) is 0 Å². The summed E-state index contributed by atoms with van der Waals surface area (Å²) in [6.07, 6.45) is 3.00. The van der Waals surface area contributed by atoms with Crippen molar-refractivity contribution in [3.63, 3.8) is 0 Å². The molecule has 0 fully saturated rings. The molecule has 0 spiro atoms. The highest BCUT2D eigenvalue weighted by atomic mass is 16.5. The zero-order valence-electron chi connectivity index (χ0n) is 17.8. The molecule has 0 amide bonds. The molecule has 2 aromatic heterocycles. The van der Waals surface area contributed by atoms with E-state index < -0.39 is 0 Å². The first kappa shape index (κ1) is 19.5. The molecule has 4 rings (SSSR count). The van der Waals surface area contributed by atoms with Gasteiger partial charge in [-0.25, -0.2) is 4.98 Å². The van der Waals surface area contributed by atoms with Crippen molar-refractivity contribution in [2.24, 2.45) is 0 Å². The number of benzene rings is 2. The second-order valence-corrected chi connectivity index (χ2v) is 7.52. The van der Waals surface area contributed by atoms with Gasteiger partial charge in [-0.15, -0.1) is 0 Å². The van der Waals surface area contributed by atoms with Crippen LogP contribution in [0.5, 0.6) is 5.75 Å². The fraction of sp³-hybridized carbons (Fsp3) is 0.375. The van der Waals surface area contributed by atoms with Gasteiger partial charge in [-0.3, -0.25) is 0 Å². The van der Waals surface area contributed by atoms with Gasteiger partial charge in [-0.05, 0) is 74.3 Å². The maximum absolute atomic E-state index is 5.44. The van der Waals surface area contributed by atoms with Crippen LogP contribution in [0.1, 0.15) is 25.8 Å². The number of H-pyrrole nitrogens is 1. The number of aromatic nitrogens is 2. The van der Waals surface area contributed by atoms with Gasteiger partial charge in [0.15, 0.2) is 0 Å². The van der Waals surface area contributed by atoms with Crippen LogP contribution in [0.3, 0.4) is 0 Å². The van der Waals surface area contributed by atoms with E-state index >= 15 is 0 Å². The van der Waals surface area contributed by atoms with E-state index in [2.05, 4.69) is 65.2 Å². The summed E-state index contributed by atoms with van der Waals surface area (Å²) in [6.45, 7) is 10.8. The lowest BCUT2D eigenvalue weighted by Gasteiger charge is -2.18. The topological polar surface area (TPSA) is 53.2 Å². The average molecular weight is 391 g/mol. The van der Waals surface area contributed by atoms with Gasteiger partial charge in [0.1, 0.15) is 11.6 Å². The summed E-state index contributed by atoms with van der Waals surface area (Å²) in [5.41, 5.74) is 3.56. The van der Waals surface area contributed by atoms with E-state index in [-0.39, 0.29) is 0 Å². The van der Waals surface area contributed by atoms with Crippen LogP contribution in [-0.2, 0) is 0 Å². The molecule has 0 aliphatic rings. The highest BCUT2D eigenvalue weighted by Crippen LogP contribution is 2.36. The summed E-state index contributed by atoms with van der Waals surface area (Å²) < 4.78 is 5.44. The van der Waals surface area contributed by atoms with Crippen LogP contribution in [0.4, 0.5) is 5.82 Å². The molecule has 2 aromatic carbocycles. The molecule has 0 aliphatic heterocycles. The quantitative estimate of drug-likeness (QED) is 0.399. The van der Waals surface area contributed by atoms with Gasteiger partial charge in [0.05, 0.1) is 12.6 Å². The number of rotatable bonds is 8. The van der Waals surface area contributed by atoms with Crippen LogP contribution in [0.15, 0.2) is 36.5 Å². The van der Waals surface area contributed by atoms with Crippen molar-refractivity contribution in [2.75, 3.05) is 38.6 Å². The first-order chi connectivity index (χ1) is 14.2. The molecule has 0 aliphatic carbocycles. The number of nitrogens with one attached hydrogen (secondary N) is 2. The van der Waals surface area contributed by atoms with Gasteiger partial charge in [-0.2, -0.15) is 0 Å². The number of fused-ring (bicyclic) bond motifs is 4. The molecule has 0 bridgehead atoms. The van der Waals surface area contributed by atoms with Gasteiger partial charge in [-0.1, -0.05) is 13.8 Å². The standard InChI is InChI=1S/C24H30N4O/c1-5-28(6-2)13-7-11-25-24-21-15-20-19-14-17(29-4)8-9-22(19)27-23(20)16(3)18(21)10-12-26-24/h8-10,12,14-15,27H,5-7,11,13H2,1-4H3,(H,25,26). The summed E-state index contributed by atoms with van der Waals surface area (Å²) in [6, 6.07) is 10.6. The number of hydrogen-bond donors (Lipinski definition) is 2. The normalized spacial score (nSPS) is 11.8. The van der Waals surface area contributed by atoms with Gasteiger partial charge in [0, 0.05) is 34.4 Å². The molecule has 29 heavy (non-hydrogen) atoms. The fourth-order valence-corrected chi connectivity index (χ4v) is 4.18. The van der Waals surface area contributed by atoms with E-state index in [0.29, 0.717) is 0 Å². The number of pyridine rings is 1. The zero-order valence-corrected chi connectivity index (χ0v) is 17.8. The Morgan fingerprint density at radius 1 is 1.03 bits per heavy atom. The Hall–Kier alpha value is -2.79. The molecule has 0 saturated carbocycles. The number of ether oxygens (including phenoxy) is 1. The number of methoxy groups -OCH3 is 1. The number of anilines is 1. The molecule has 2 heterocycles. The minimum Gasteiger partial charge on any atom is -0.497 e. The first-order valence-electron chi connectivity index (χ1n) is 10.5.